The molecule has 1 N–H and O–H groups in total. The van der Waals surface area contributed by atoms with Crippen LogP contribution in [0.15, 0.2) is 54.6 Å². The third-order valence-electron chi connectivity index (χ3n) is 3.07. The zero-order valence-corrected chi connectivity index (χ0v) is 11.8. The van der Waals surface area contributed by atoms with Crippen LogP contribution < -0.4 is 10.1 Å². The van der Waals surface area contributed by atoms with E-state index in [4.69, 9.17) is 4.74 Å². The summed E-state index contributed by atoms with van der Waals surface area (Å²) in [6, 6.07) is 17.1. The molecule has 0 aliphatic carbocycles. The molecule has 0 bridgehead atoms. The number of nitrogens with one attached hydrogen (secondary N) is 1. The van der Waals surface area contributed by atoms with Crippen LogP contribution >= 0.6 is 0 Å². The van der Waals surface area contributed by atoms with E-state index in [1.165, 1.54) is 0 Å². The molecule has 0 saturated heterocycles. The van der Waals surface area contributed by atoms with E-state index in [1.807, 2.05) is 56.3 Å². The van der Waals surface area contributed by atoms with Crippen molar-refractivity contribution in [1.29, 1.82) is 0 Å². The summed E-state index contributed by atoms with van der Waals surface area (Å²) < 4.78 is 5.36. The van der Waals surface area contributed by atoms with Crippen LogP contribution in [0.25, 0.3) is 0 Å². The lowest BCUT2D eigenvalue weighted by molar-refractivity contribution is 0.0940. The molecule has 3 nitrogen and oxygen atoms in total. The molecule has 0 aliphatic rings. The largest absolute Gasteiger partial charge is 0.494 e. The minimum Gasteiger partial charge on any atom is -0.494 e. The minimum atomic E-state index is -0.0793. The van der Waals surface area contributed by atoms with Crippen LogP contribution in [0.4, 0.5) is 0 Å². The number of hydrogen-bond donors (Lipinski definition) is 1. The molecule has 104 valence electrons. The molecule has 0 aliphatic heterocycles. The normalized spacial score (nSPS) is 11.7. The average Bonchev–Trinajstić information content (AvgIpc) is 2.49. The zero-order chi connectivity index (χ0) is 14.4. The highest BCUT2D eigenvalue weighted by atomic mass is 16.5. The highest BCUT2D eigenvalue weighted by molar-refractivity contribution is 5.94. The molecule has 0 spiro atoms. The van der Waals surface area contributed by atoms with Gasteiger partial charge in [-0.05, 0) is 43.7 Å². The molecule has 1 amide bonds. The van der Waals surface area contributed by atoms with E-state index in [1.54, 1.807) is 12.1 Å². The molecule has 0 aromatic heterocycles. The SMILES string of the molecule is CCOc1ccc(C(=O)NC(C)c2ccccc2)cc1. The fraction of sp³-hybridized carbons (Fsp3) is 0.235. The first-order valence-electron chi connectivity index (χ1n) is 6.79. The van der Waals surface area contributed by atoms with Crippen LogP contribution in [-0.2, 0) is 0 Å². The van der Waals surface area contributed by atoms with E-state index in [0.29, 0.717) is 12.2 Å². The Morgan fingerprint density at radius 3 is 2.35 bits per heavy atom. The Balaban J connectivity index is 2.01. The number of hydrogen-bond acceptors (Lipinski definition) is 2. The van der Waals surface area contributed by atoms with E-state index in [9.17, 15) is 4.79 Å². The van der Waals surface area contributed by atoms with Gasteiger partial charge in [-0.25, -0.2) is 0 Å². The second-order valence-electron chi connectivity index (χ2n) is 4.56. The average molecular weight is 269 g/mol. The van der Waals surface area contributed by atoms with Gasteiger partial charge in [0.2, 0.25) is 0 Å². The minimum absolute atomic E-state index is 0.0183. The standard InChI is InChI=1S/C17H19NO2/c1-3-20-16-11-9-15(10-12-16)17(19)18-13(2)14-7-5-4-6-8-14/h4-13H,3H2,1-2H3,(H,18,19). The topological polar surface area (TPSA) is 38.3 Å². The fourth-order valence-corrected chi connectivity index (χ4v) is 1.97. The molecule has 0 fully saturated rings. The second-order valence-corrected chi connectivity index (χ2v) is 4.56. The molecule has 0 heterocycles. The lowest BCUT2D eigenvalue weighted by Gasteiger charge is -2.14. The zero-order valence-electron chi connectivity index (χ0n) is 11.8. The van der Waals surface area contributed by atoms with Crippen molar-refractivity contribution in [3.05, 3.63) is 65.7 Å². The Hall–Kier alpha value is -2.29. The van der Waals surface area contributed by atoms with Gasteiger partial charge in [-0.3, -0.25) is 4.79 Å². The van der Waals surface area contributed by atoms with Gasteiger partial charge in [-0.15, -0.1) is 0 Å². The number of ether oxygens (including phenoxy) is 1. The van der Waals surface area contributed by atoms with Gasteiger partial charge in [0.25, 0.3) is 5.91 Å². The third kappa shape index (κ3) is 3.60. The van der Waals surface area contributed by atoms with Crippen LogP contribution in [0.2, 0.25) is 0 Å². The lowest BCUT2D eigenvalue weighted by atomic mass is 10.1. The van der Waals surface area contributed by atoms with E-state index >= 15 is 0 Å². The Morgan fingerprint density at radius 2 is 1.75 bits per heavy atom. The molecule has 0 saturated carbocycles. The first kappa shape index (κ1) is 14.1. The molecule has 3 heteroatoms. The maximum atomic E-state index is 12.1. The summed E-state index contributed by atoms with van der Waals surface area (Å²) in [6.07, 6.45) is 0. The highest BCUT2D eigenvalue weighted by Crippen LogP contribution is 2.15. The van der Waals surface area contributed by atoms with E-state index < -0.39 is 0 Å². The fourth-order valence-electron chi connectivity index (χ4n) is 1.97. The number of benzene rings is 2. The molecule has 2 aromatic carbocycles. The molecule has 0 radical (unpaired) electrons. The lowest BCUT2D eigenvalue weighted by Crippen LogP contribution is -2.26. The van der Waals surface area contributed by atoms with Crippen molar-refractivity contribution in [3.8, 4) is 5.75 Å². The second kappa shape index (κ2) is 6.75. The van der Waals surface area contributed by atoms with E-state index in [-0.39, 0.29) is 11.9 Å². The molecular weight excluding hydrogens is 250 g/mol. The summed E-state index contributed by atoms with van der Waals surface area (Å²) in [5, 5.41) is 2.98. The van der Waals surface area contributed by atoms with Crippen molar-refractivity contribution in [3.63, 3.8) is 0 Å². The van der Waals surface area contributed by atoms with Crippen molar-refractivity contribution in [2.75, 3.05) is 6.61 Å². The molecule has 2 rings (SSSR count). The first-order chi connectivity index (χ1) is 9.70. The van der Waals surface area contributed by atoms with E-state index in [2.05, 4.69) is 5.32 Å². The van der Waals surface area contributed by atoms with Gasteiger partial charge in [0, 0.05) is 5.56 Å². The summed E-state index contributed by atoms with van der Waals surface area (Å²) in [5.74, 6) is 0.699. The Bertz CT molecular complexity index is 549. The van der Waals surface area contributed by atoms with Gasteiger partial charge >= 0.3 is 0 Å². The van der Waals surface area contributed by atoms with Crippen molar-refractivity contribution >= 4 is 5.91 Å². The van der Waals surface area contributed by atoms with Gasteiger partial charge in [0.05, 0.1) is 12.6 Å². The molecule has 1 unspecified atom stereocenters. The van der Waals surface area contributed by atoms with Gasteiger partial charge in [0.15, 0.2) is 0 Å². The van der Waals surface area contributed by atoms with Crippen molar-refractivity contribution in [1.82, 2.24) is 5.32 Å². The summed E-state index contributed by atoms with van der Waals surface area (Å²) in [4.78, 5) is 12.1. The monoisotopic (exact) mass is 269 g/mol. The van der Waals surface area contributed by atoms with Crippen LogP contribution in [0.3, 0.4) is 0 Å². The molecule has 2 aromatic rings. The predicted molar refractivity (Wildman–Crippen MR) is 79.9 cm³/mol. The van der Waals surface area contributed by atoms with Crippen LogP contribution in [0, 0.1) is 0 Å². The predicted octanol–water partition coefficient (Wildman–Crippen LogP) is 3.58. The smallest absolute Gasteiger partial charge is 0.251 e. The molecule has 1 atom stereocenters. The quantitative estimate of drug-likeness (QED) is 0.901. The number of amides is 1. The van der Waals surface area contributed by atoms with Crippen LogP contribution in [0.5, 0.6) is 5.75 Å². The third-order valence-corrected chi connectivity index (χ3v) is 3.07. The number of carbonyl (C=O) groups is 1. The van der Waals surface area contributed by atoms with Gasteiger partial charge < -0.3 is 10.1 Å². The Morgan fingerprint density at radius 1 is 1.10 bits per heavy atom. The van der Waals surface area contributed by atoms with Gasteiger partial charge in [-0.2, -0.15) is 0 Å². The van der Waals surface area contributed by atoms with Gasteiger partial charge in [-0.1, -0.05) is 30.3 Å². The number of rotatable bonds is 5. The summed E-state index contributed by atoms with van der Waals surface area (Å²) in [5.41, 5.74) is 1.73. The first-order valence-corrected chi connectivity index (χ1v) is 6.79. The Labute approximate surface area is 119 Å². The summed E-state index contributed by atoms with van der Waals surface area (Å²) >= 11 is 0. The summed E-state index contributed by atoms with van der Waals surface area (Å²) in [7, 11) is 0. The Kier molecular flexibility index (Phi) is 4.77. The van der Waals surface area contributed by atoms with Crippen molar-refractivity contribution in [2.24, 2.45) is 0 Å². The van der Waals surface area contributed by atoms with Crippen LogP contribution in [-0.4, -0.2) is 12.5 Å². The van der Waals surface area contributed by atoms with Crippen molar-refractivity contribution in [2.45, 2.75) is 19.9 Å². The molecular formula is C17H19NO2. The van der Waals surface area contributed by atoms with Crippen molar-refractivity contribution < 1.29 is 9.53 Å². The summed E-state index contributed by atoms with van der Waals surface area (Å²) in [6.45, 7) is 4.53. The number of carbonyl (C=O) groups excluding carboxylic acids is 1. The maximum Gasteiger partial charge on any atom is 0.251 e. The van der Waals surface area contributed by atoms with E-state index in [0.717, 1.165) is 11.3 Å². The maximum absolute atomic E-state index is 12.1. The highest BCUT2D eigenvalue weighted by Gasteiger charge is 2.11. The molecule has 20 heavy (non-hydrogen) atoms. The van der Waals surface area contributed by atoms with Gasteiger partial charge in [0.1, 0.15) is 5.75 Å². The van der Waals surface area contributed by atoms with Crippen LogP contribution in [0.1, 0.15) is 35.8 Å².